The van der Waals surface area contributed by atoms with E-state index in [2.05, 4.69) is 34.9 Å². The topological polar surface area (TPSA) is 63.2 Å². The standard InChI is InChI=1S/C21H17N3O2S/c1-26-16-8-3-2-7-15(16)22-20(25)24-21-23-19-14-6-4-5-12-9-10-13(18(12)14)11-17(19)27-21/h2-8,11H,9-10H2,1H3,(H2,22,23,24,25). The molecule has 1 aromatic heterocycles. The molecule has 1 heterocycles. The third kappa shape index (κ3) is 2.69. The normalized spacial score (nSPS) is 12.5. The van der Waals surface area contributed by atoms with E-state index in [0.717, 1.165) is 23.1 Å². The molecule has 0 saturated heterocycles. The van der Waals surface area contributed by atoms with Crippen molar-refractivity contribution in [3.05, 3.63) is 59.7 Å². The molecule has 2 N–H and O–H groups in total. The van der Waals surface area contributed by atoms with E-state index in [9.17, 15) is 4.79 Å². The van der Waals surface area contributed by atoms with Crippen molar-refractivity contribution in [2.75, 3.05) is 17.7 Å². The number of nitrogens with one attached hydrogen (secondary N) is 2. The Balaban J connectivity index is 1.47. The first-order valence-electron chi connectivity index (χ1n) is 8.78. The Morgan fingerprint density at radius 2 is 1.93 bits per heavy atom. The molecule has 0 unspecified atom stereocenters. The number of carbonyl (C=O) groups is 1. The minimum Gasteiger partial charge on any atom is -0.495 e. The number of para-hydroxylation sites is 2. The fourth-order valence-electron chi connectivity index (χ4n) is 3.76. The molecule has 0 atom stereocenters. The zero-order valence-electron chi connectivity index (χ0n) is 14.7. The zero-order chi connectivity index (χ0) is 18.4. The lowest BCUT2D eigenvalue weighted by Gasteiger charge is -2.09. The fourth-order valence-corrected chi connectivity index (χ4v) is 4.70. The van der Waals surface area contributed by atoms with Crippen LogP contribution >= 0.6 is 11.3 Å². The van der Waals surface area contributed by atoms with E-state index < -0.39 is 0 Å². The van der Waals surface area contributed by atoms with Crippen LogP contribution in [0.15, 0.2) is 48.5 Å². The van der Waals surface area contributed by atoms with Gasteiger partial charge in [0.15, 0.2) is 5.13 Å². The number of hydrogen-bond donors (Lipinski definition) is 2. The molecule has 2 amide bonds. The Bertz CT molecular complexity index is 1200. The molecule has 134 valence electrons. The van der Waals surface area contributed by atoms with Crippen molar-refractivity contribution in [2.24, 2.45) is 0 Å². The van der Waals surface area contributed by atoms with Gasteiger partial charge in [-0.25, -0.2) is 9.78 Å². The van der Waals surface area contributed by atoms with E-state index >= 15 is 0 Å². The SMILES string of the molecule is COc1ccccc1NC(=O)Nc1nc2c(cc3c4c(cccc42)CC3)s1. The number of amides is 2. The van der Waals surface area contributed by atoms with Crippen LogP contribution in [0.25, 0.3) is 21.0 Å². The van der Waals surface area contributed by atoms with Gasteiger partial charge < -0.3 is 10.1 Å². The third-order valence-corrected chi connectivity index (χ3v) is 5.84. The van der Waals surface area contributed by atoms with Crippen LogP contribution in [0, 0.1) is 0 Å². The Labute approximate surface area is 160 Å². The molecular formula is C21H17N3O2S. The molecule has 4 aromatic rings. The second-order valence-electron chi connectivity index (χ2n) is 6.52. The summed E-state index contributed by atoms with van der Waals surface area (Å²) in [6.45, 7) is 0. The molecule has 5 nitrogen and oxygen atoms in total. The molecule has 0 aliphatic heterocycles. The van der Waals surface area contributed by atoms with Crippen LogP contribution in [0.2, 0.25) is 0 Å². The zero-order valence-corrected chi connectivity index (χ0v) is 15.5. The molecule has 0 saturated carbocycles. The summed E-state index contributed by atoms with van der Waals surface area (Å²) in [4.78, 5) is 17.1. The number of anilines is 2. The van der Waals surface area contributed by atoms with Gasteiger partial charge in [-0.1, -0.05) is 41.7 Å². The first-order chi connectivity index (χ1) is 13.2. The van der Waals surface area contributed by atoms with Gasteiger partial charge in [0.25, 0.3) is 0 Å². The summed E-state index contributed by atoms with van der Waals surface area (Å²) in [5.41, 5.74) is 4.34. The summed E-state index contributed by atoms with van der Waals surface area (Å²) in [6.07, 6.45) is 2.16. The Hall–Kier alpha value is -3.12. The first kappa shape index (κ1) is 16.1. The molecule has 0 fully saturated rings. The number of rotatable bonds is 3. The van der Waals surface area contributed by atoms with Gasteiger partial charge in [0.1, 0.15) is 5.75 Å². The number of ether oxygens (including phenoxy) is 1. The van der Waals surface area contributed by atoms with Gasteiger partial charge in [0, 0.05) is 5.39 Å². The maximum atomic E-state index is 12.4. The summed E-state index contributed by atoms with van der Waals surface area (Å²) < 4.78 is 6.37. The molecule has 0 radical (unpaired) electrons. The lowest BCUT2D eigenvalue weighted by atomic mass is 10.0. The monoisotopic (exact) mass is 375 g/mol. The Kier molecular flexibility index (Phi) is 3.72. The maximum Gasteiger partial charge on any atom is 0.325 e. The molecule has 6 heteroatoms. The highest BCUT2D eigenvalue weighted by atomic mass is 32.1. The second kappa shape index (κ2) is 6.25. The lowest BCUT2D eigenvalue weighted by molar-refractivity contribution is 0.262. The van der Waals surface area contributed by atoms with Crippen molar-refractivity contribution in [2.45, 2.75) is 12.8 Å². The Morgan fingerprint density at radius 1 is 1.07 bits per heavy atom. The second-order valence-corrected chi connectivity index (χ2v) is 7.55. The van der Waals surface area contributed by atoms with Crippen LogP contribution in [0.3, 0.4) is 0 Å². The maximum absolute atomic E-state index is 12.4. The molecule has 0 spiro atoms. The number of benzene rings is 3. The number of urea groups is 1. The van der Waals surface area contributed by atoms with Crippen LogP contribution in [0.1, 0.15) is 11.1 Å². The average molecular weight is 375 g/mol. The number of aromatic nitrogens is 1. The highest BCUT2D eigenvalue weighted by molar-refractivity contribution is 7.22. The number of hydrogen-bond acceptors (Lipinski definition) is 4. The average Bonchev–Trinajstić information content (AvgIpc) is 3.27. The molecule has 0 bridgehead atoms. The van der Waals surface area contributed by atoms with Gasteiger partial charge >= 0.3 is 6.03 Å². The van der Waals surface area contributed by atoms with Crippen LogP contribution in [0.4, 0.5) is 15.6 Å². The number of carbonyl (C=O) groups excluding carboxylic acids is 1. The van der Waals surface area contributed by atoms with Gasteiger partial charge in [0.05, 0.1) is 23.0 Å². The third-order valence-electron chi connectivity index (χ3n) is 4.92. The number of methoxy groups -OCH3 is 1. The quantitative estimate of drug-likeness (QED) is 0.517. The van der Waals surface area contributed by atoms with E-state index in [1.54, 1.807) is 19.2 Å². The van der Waals surface area contributed by atoms with Gasteiger partial charge in [0.2, 0.25) is 0 Å². The minimum atomic E-state index is -0.337. The van der Waals surface area contributed by atoms with E-state index in [-0.39, 0.29) is 6.03 Å². The molecule has 27 heavy (non-hydrogen) atoms. The van der Waals surface area contributed by atoms with Crippen molar-refractivity contribution < 1.29 is 9.53 Å². The van der Waals surface area contributed by atoms with Gasteiger partial charge in [-0.05, 0) is 47.6 Å². The van der Waals surface area contributed by atoms with Gasteiger partial charge in [-0.15, -0.1) is 0 Å². The van der Waals surface area contributed by atoms with Crippen molar-refractivity contribution in [1.82, 2.24) is 4.98 Å². The van der Waals surface area contributed by atoms with Crippen molar-refractivity contribution in [3.8, 4) is 5.75 Å². The summed E-state index contributed by atoms with van der Waals surface area (Å²) in [6, 6.07) is 15.6. The van der Waals surface area contributed by atoms with E-state index in [1.165, 1.54) is 33.2 Å². The van der Waals surface area contributed by atoms with Crippen LogP contribution in [-0.2, 0) is 12.8 Å². The molecule has 3 aromatic carbocycles. The smallest absolute Gasteiger partial charge is 0.325 e. The van der Waals surface area contributed by atoms with Crippen LogP contribution in [-0.4, -0.2) is 18.1 Å². The van der Waals surface area contributed by atoms with Crippen molar-refractivity contribution in [3.63, 3.8) is 0 Å². The molecule has 1 aliphatic rings. The number of nitrogens with zero attached hydrogens (tertiary/aromatic N) is 1. The summed E-state index contributed by atoms with van der Waals surface area (Å²) >= 11 is 1.50. The minimum absolute atomic E-state index is 0.337. The molecule has 1 aliphatic carbocycles. The number of thiazole rings is 1. The number of fused-ring (bicyclic) bond motifs is 2. The van der Waals surface area contributed by atoms with Crippen LogP contribution in [0.5, 0.6) is 5.75 Å². The van der Waals surface area contributed by atoms with E-state index in [4.69, 9.17) is 9.72 Å². The largest absolute Gasteiger partial charge is 0.495 e. The summed E-state index contributed by atoms with van der Waals surface area (Å²) in [5.74, 6) is 0.613. The molecular weight excluding hydrogens is 358 g/mol. The van der Waals surface area contributed by atoms with E-state index in [0.29, 0.717) is 16.6 Å². The van der Waals surface area contributed by atoms with E-state index in [1.807, 2.05) is 12.1 Å². The van der Waals surface area contributed by atoms with Gasteiger partial charge in [-0.3, -0.25) is 5.32 Å². The van der Waals surface area contributed by atoms with Crippen molar-refractivity contribution in [1.29, 1.82) is 0 Å². The first-order valence-corrected chi connectivity index (χ1v) is 9.59. The predicted octanol–water partition coefficient (Wildman–Crippen LogP) is 5.20. The van der Waals surface area contributed by atoms with Crippen molar-refractivity contribution >= 4 is 49.2 Å². The summed E-state index contributed by atoms with van der Waals surface area (Å²) in [5, 5.41) is 8.76. The number of aryl methyl sites for hydroxylation is 2. The summed E-state index contributed by atoms with van der Waals surface area (Å²) in [7, 11) is 1.58. The highest BCUT2D eigenvalue weighted by Gasteiger charge is 2.19. The van der Waals surface area contributed by atoms with Crippen LogP contribution < -0.4 is 15.4 Å². The lowest BCUT2D eigenvalue weighted by Crippen LogP contribution is -2.19. The van der Waals surface area contributed by atoms with Gasteiger partial charge in [-0.2, -0.15) is 0 Å². The fraction of sp³-hybridized carbons (Fsp3) is 0.143. The highest BCUT2D eigenvalue weighted by Crippen LogP contribution is 2.39. The Morgan fingerprint density at radius 3 is 2.81 bits per heavy atom. The molecule has 5 rings (SSSR count). The predicted molar refractivity (Wildman–Crippen MR) is 110 cm³/mol.